The predicted molar refractivity (Wildman–Crippen MR) is 102 cm³/mol. The Labute approximate surface area is 153 Å². The van der Waals surface area contributed by atoms with Gasteiger partial charge in [-0.15, -0.1) is 12.6 Å². The zero-order valence-corrected chi connectivity index (χ0v) is 15.0. The maximum atomic E-state index is 9.58. The largest absolute Gasteiger partial charge is 0.393 e. The highest BCUT2D eigenvalue weighted by Gasteiger charge is 2.35. The van der Waals surface area contributed by atoms with Crippen LogP contribution in [0.15, 0.2) is 45.2 Å². The third kappa shape index (κ3) is 3.75. The van der Waals surface area contributed by atoms with Crippen molar-refractivity contribution in [2.24, 2.45) is 27.7 Å². The Hall–Kier alpha value is -2.17. The molecule has 0 aromatic carbocycles. The lowest BCUT2D eigenvalue weighted by atomic mass is 9.76. The van der Waals surface area contributed by atoms with Gasteiger partial charge in [-0.1, -0.05) is 6.08 Å². The summed E-state index contributed by atoms with van der Waals surface area (Å²) in [6.45, 7) is 1.47. The fraction of sp³-hybridized carbons (Fsp3) is 0.444. The molecule has 1 fully saturated rings. The summed E-state index contributed by atoms with van der Waals surface area (Å²) in [4.78, 5) is 8.68. The summed E-state index contributed by atoms with van der Waals surface area (Å²) < 4.78 is 5.46. The van der Waals surface area contributed by atoms with E-state index in [1.807, 2.05) is 6.08 Å². The van der Waals surface area contributed by atoms with Crippen molar-refractivity contribution in [1.82, 2.24) is 5.32 Å². The van der Waals surface area contributed by atoms with Gasteiger partial charge in [-0.25, -0.2) is 9.98 Å². The maximum absolute atomic E-state index is 9.58. The number of nitrogens with one attached hydrogen (secondary N) is 2. The first kappa shape index (κ1) is 17.6. The van der Waals surface area contributed by atoms with Crippen molar-refractivity contribution in [3.8, 4) is 6.07 Å². The highest BCUT2D eigenvalue weighted by Crippen LogP contribution is 2.37. The molecule has 3 aliphatic rings. The van der Waals surface area contributed by atoms with Crippen LogP contribution in [0.4, 0.5) is 0 Å². The molecule has 2 unspecified atom stereocenters. The van der Waals surface area contributed by atoms with Crippen LogP contribution in [0.2, 0.25) is 0 Å². The first-order valence-electron chi connectivity index (χ1n) is 8.33. The Balaban J connectivity index is 1.95. The van der Waals surface area contributed by atoms with Crippen LogP contribution in [0.5, 0.6) is 0 Å². The lowest BCUT2D eigenvalue weighted by molar-refractivity contribution is 0.0513. The van der Waals surface area contributed by atoms with E-state index >= 15 is 0 Å². The lowest BCUT2D eigenvalue weighted by Gasteiger charge is -2.33. The van der Waals surface area contributed by atoms with Gasteiger partial charge in [0.05, 0.1) is 16.8 Å². The Morgan fingerprint density at radius 3 is 2.88 bits per heavy atom. The van der Waals surface area contributed by atoms with Crippen LogP contribution in [0.25, 0.3) is 0 Å². The Morgan fingerprint density at radius 2 is 2.20 bits per heavy atom. The van der Waals surface area contributed by atoms with Crippen LogP contribution in [0.3, 0.4) is 0 Å². The Bertz CT molecular complexity index is 750. The molecule has 6 nitrogen and oxygen atoms in total. The zero-order chi connectivity index (χ0) is 17.8. The molecule has 3 aliphatic heterocycles. The number of nitriles is 1. The van der Waals surface area contributed by atoms with Gasteiger partial charge < -0.3 is 10.1 Å². The summed E-state index contributed by atoms with van der Waals surface area (Å²) in [6, 6.07) is 2.36. The van der Waals surface area contributed by atoms with Crippen molar-refractivity contribution in [2.75, 3.05) is 20.3 Å². The number of aliphatic imine (C=N–C) groups is 2. The standard InChI is InChI=1S/C18H21N5OS/c1-21-9-13-6-12(10-22-17(13)20)16-7-14(11-2-4-24-5-3-11)15(8-19)18(25)23-16/h6-7,9-11,14-15,20-21H,2-5H2,1H3,(H,23,25)/b13-9-,20-17?. The third-order valence-corrected chi connectivity index (χ3v) is 5.09. The highest BCUT2D eigenvalue weighted by atomic mass is 32.1. The molecule has 0 amide bonds. The first-order chi connectivity index (χ1) is 12.1. The summed E-state index contributed by atoms with van der Waals surface area (Å²) in [5.74, 6) is 0.349. The van der Waals surface area contributed by atoms with Crippen LogP contribution >= 0.6 is 12.6 Å². The molecule has 0 aromatic heterocycles. The number of nitrogens with zero attached hydrogens (tertiary/aromatic N) is 3. The molecule has 2 atom stereocenters. The quantitative estimate of drug-likeness (QED) is 0.679. The van der Waals surface area contributed by atoms with E-state index in [0.717, 1.165) is 37.3 Å². The second-order valence-corrected chi connectivity index (χ2v) is 6.71. The fourth-order valence-electron chi connectivity index (χ4n) is 3.38. The van der Waals surface area contributed by atoms with E-state index in [2.05, 4.69) is 40.1 Å². The molecular weight excluding hydrogens is 334 g/mol. The Kier molecular flexibility index (Phi) is 5.51. The smallest absolute Gasteiger partial charge is 0.153 e. The monoisotopic (exact) mass is 355 g/mol. The fourth-order valence-corrected chi connectivity index (χ4v) is 3.72. The van der Waals surface area contributed by atoms with E-state index in [9.17, 15) is 5.26 Å². The number of hydrogen-bond donors (Lipinski definition) is 3. The normalized spacial score (nSPS) is 28.9. The second kappa shape index (κ2) is 7.81. The van der Waals surface area contributed by atoms with Gasteiger partial charge in [-0.2, -0.15) is 5.26 Å². The molecule has 1 saturated heterocycles. The van der Waals surface area contributed by atoms with Gasteiger partial charge in [0.15, 0.2) is 5.84 Å². The SMILES string of the molecule is CN/C=C1/C=C(C2=CC(C3CCOCC3)C(C#N)C(S)=N2)C=NC1=N. The average molecular weight is 355 g/mol. The number of hydrogen-bond acceptors (Lipinski definition) is 5. The summed E-state index contributed by atoms with van der Waals surface area (Å²) in [6.07, 6.45) is 9.23. The number of amidine groups is 1. The predicted octanol–water partition coefficient (Wildman–Crippen LogP) is 2.49. The average Bonchev–Trinajstić information content (AvgIpc) is 2.64. The topological polar surface area (TPSA) is 93.6 Å². The van der Waals surface area contributed by atoms with E-state index in [-0.39, 0.29) is 17.7 Å². The van der Waals surface area contributed by atoms with Crippen LogP contribution in [-0.4, -0.2) is 37.4 Å². The third-order valence-electron chi connectivity index (χ3n) is 4.71. The van der Waals surface area contributed by atoms with Crippen LogP contribution in [0.1, 0.15) is 12.8 Å². The molecule has 0 aromatic rings. The van der Waals surface area contributed by atoms with Crippen LogP contribution in [0, 0.1) is 34.5 Å². The van der Waals surface area contributed by atoms with Crippen molar-refractivity contribution >= 4 is 29.7 Å². The van der Waals surface area contributed by atoms with Crippen LogP contribution in [-0.2, 0) is 4.74 Å². The van der Waals surface area contributed by atoms with Gasteiger partial charge in [0.25, 0.3) is 0 Å². The molecule has 3 heterocycles. The van der Waals surface area contributed by atoms with E-state index < -0.39 is 0 Å². The minimum absolute atomic E-state index is 0.0707. The van der Waals surface area contributed by atoms with E-state index in [4.69, 9.17) is 10.1 Å². The maximum Gasteiger partial charge on any atom is 0.153 e. The molecule has 2 N–H and O–H groups in total. The van der Waals surface area contributed by atoms with Crippen molar-refractivity contribution in [3.63, 3.8) is 0 Å². The molecule has 0 radical (unpaired) electrons. The summed E-state index contributed by atoms with van der Waals surface area (Å²) in [5, 5.41) is 20.9. The molecule has 7 heteroatoms. The highest BCUT2D eigenvalue weighted by molar-refractivity contribution is 7.97. The van der Waals surface area contributed by atoms with E-state index in [1.54, 1.807) is 19.5 Å². The van der Waals surface area contributed by atoms with Gasteiger partial charge in [-0.3, -0.25) is 5.41 Å². The minimum atomic E-state index is -0.318. The number of allylic oxidation sites excluding steroid dienone is 2. The number of rotatable bonds is 3. The van der Waals surface area contributed by atoms with Gasteiger partial charge in [0.1, 0.15) is 5.92 Å². The molecule has 0 bridgehead atoms. The first-order valence-corrected chi connectivity index (χ1v) is 8.78. The molecule has 0 saturated carbocycles. The van der Waals surface area contributed by atoms with Crippen molar-refractivity contribution in [3.05, 3.63) is 35.2 Å². The number of thiol groups is 1. The Morgan fingerprint density at radius 1 is 1.44 bits per heavy atom. The molecule has 130 valence electrons. The van der Waals surface area contributed by atoms with Crippen LogP contribution < -0.4 is 5.32 Å². The molecule has 25 heavy (non-hydrogen) atoms. The van der Waals surface area contributed by atoms with E-state index in [1.165, 1.54) is 0 Å². The van der Waals surface area contributed by atoms with Gasteiger partial charge >= 0.3 is 0 Å². The van der Waals surface area contributed by atoms with Crippen molar-refractivity contribution in [1.29, 1.82) is 10.7 Å². The van der Waals surface area contributed by atoms with Crippen molar-refractivity contribution in [2.45, 2.75) is 12.8 Å². The summed E-state index contributed by atoms with van der Waals surface area (Å²) >= 11 is 4.49. The summed E-state index contributed by atoms with van der Waals surface area (Å²) in [5.41, 5.74) is 2.30. The van der Waals surface area contributed by atoms with Gasteiger partial charge in [0, 0.05) is 49.7 Å². The van der Waals surface area contributed by atoms with Gasteiger partial charge in [0.2, 0.25) is 0 Å². The molecular formula is C18H21N5OS. The summed E-state index contributed by atoms with van der Waals surface area (Å²) in [7, 11) is 1.79. The zero-order valence-electron chi connectivity index (χ0n) is 14.1. The number of dihydropyridines is 1. The second-order valence-electron chi connectivity index (χ2n) is 6.25. The van der Waals surface area contributed by atoms with E-state index in [0.29, 0.717) is 16.5 Å². The molecule has 3 rings (SSSR count). The molecule has 0 spiro atoms. The lowest BCUT2D eigenvalue weighted by Crippen LogP contribution is -2.32. The number of ether oxygens (including phenoxy) is 1. The van der Waals surface area contributed by atoms with Gasteiger partial charge in [-0.05, 0) is 24.8 Å². The molecule has 0 aliphatic carbocycles. The van der Waals surface area contributed by atoms with Crippen molar-refractivity contribution < 1.29 is 4.74 Å². The minimum Gasteiger partial charge on any atom is -0.393 e.